The van der Waals surface area contributed by atoms with Crippen molar-refractivity contribution in [2.45, 2.75) is 38.5 Å². The first-order valence-corrected chi connectivity index (χ1v) is 7.26. The van der Waals surface area contributed by atoms with E-state index in [-0.39, 0.29) is 24.7 Å². The van der Waals surface area contributed by atoms with Crippen LogP contribution in [0.5, 0.6) is 0 Å². The summed E-state index contributed by atoms with van der Waals surface area (Å²) in [5.74, 6) is -1.49. The van der Waals surface area contributed by atoms with Gasteiger partial charge in [0, 0.05) is 6.54 Å². The number of hydrogen-bond donors (Lipinski definition) is 2. The van der Waals surface area contributed by atoms with Crippen LogP contribution in [-0.2, 0) is 16.0 Å². The second-order valence-electron chi connectivity index (χ2n) is 5.73. The highest BCUT2D eigenvalue weighted by Gasteiger charge is 2.39. The van der Waals surface area contributed by atoms with Gasteiger partial charge in [0.25, 0.3) is 0 Å². The van der Waals surface area contributed by atoms with Crippen molar-refractivity contribution in [1.82, 2.24) is 5.32 Å². The summed E-state index contributed by atoms with van der Waals surface area (Å²) in [6.07, 6.45) is 4.07. The third kappa shape index (κ3) is 4.03. The van der Waals surface area contributed by atoms with E-state index in [4.69, 9.17) is 0 Å². The van der Waals surface area contributed by atoms with Crippen LogP contribution in [0.25, 0.3) is 0 Å². The number of carboxylic acids is 1. The maximum atomic E-state index is 13.1. The first-order chi connectivity index (χ1) is 10.0. The largest absolute Gasteiger partial charge is 0.481 e. The Kier molecular flexibility index (Phi) is 4.94. The summed E-state index contributed by atoms with van der Waals surface area (Å²) in [6.45, 7) is 0.149. The van der Waals surface area contributed by atoms with E-state index >= 15 is 0 Å². The van der Waals surface area contributed by atoms with Gasteiger partial charge in [-0.3, -0.25) is 9.59 Å². The van der Waals surface area contributed by atoms with Gasteiger partial charge in [0.2, 0.25) is 5.91 Å². The molecular weight excluding hydrogens is 273 g/mol. The van der Waals surface area contributed by atoms with Crippen LogP contribution in [-0.4, -0.2) is 23.5 Å². The van der Waals surface area contributed by atoms with E-state index in [0.717, 1.165) is 19.3 Å². The van der Waals surface area contributed by atoms with Gasteiger partial charge in [-0.05, 0) is 30.5 Å². The zero-order valence-corrected chi connectivity index (χ0v) is 11.9. The van der Waals surface area contributed by atoms with Crippen molar-refractivity contribution in [2.75, 3.05) is 6.54 Å². The Balaban J connectivity index is 1.91. The van der Waals surface area contributed by atoms with E-state index in [1.54, 1.807) is 12.1 Å². The monoisotopic (exact) mass is 293 g/mol. The Labute approximate surface area is 123 Å². The third-order valence-electron chi connectivity index (χ3n) is 4.14. The number of carboxylic acid groups (broad SMARTS) is 1. The van der Waals surface area contributed by atoms with Crippen molar-refractivity contribution in [3.8, 4) is 0 Å². The lowest BCUT2D eigenvalue weighted by molar-refractivity contribution is -0.151. The predicted octanol–water partition coefficient (Wildman–Crippen LogP) is 2.52. The van der Waals surface area contributed by atoms with Crippen LogP contribution < -0.4 is 5.32 Å². The number of halogens is 1. The minimum atomic E-state index is -0.840. The average molecular weight is 293 g/mol. The first-order valence-electron chi connectivity index (χ1n) is 7.26. The number of carbonyl (C=O) groups excluding carboxylic acids is 1. The van der Waals surface area contributed by atoms with Crippen molar-refractivity contribution < 1.29 is 19.1 Å². The maximum absolute atomic E-state index is 13.1. The predicted molar refractivity (Wildman–Crippen MR) is 76.3 cm³/mol. The maximum Gasteiger partial charge on any atom is 0.311 e. The number of benzene rings is 1. The summed E-state index contributed by atoms with van der Waals surface area (Å²) < 4.78 is 13.1. The van der Waals surface area contributed by atoms with Crippen molar-refractivity contribution in [1.29, 1.82) is 0 Å². The quantitative estimate of drug-likeness (QED) is 0.876. The molecule has 114 valence electrons. The molecule has 1 aromatic carbocycles. The van der Waals surface area contributed by atoms with E-state index in [1.807, 2.05) is 0 Å². The molecule has 2 rings (SSSR count). The van der Waals surface area contributed by atoms with E-state index in [9.17, 15) is 19.1 Å². The molecule has 1 saturated carbocycles. The Morgan fingerprint density at radius 3 is 2.57 bits per heavy atom. The number of rotatable bonds is 5. The van der Waals surface area contributed by atoms with E-state index < -0.39 is 11.4 Å². The molecule has 1 aliphatic carbocycles. The third-order valence-corrected chi connectivity index (χ3v) is 4.14. The fourth-order valence-electron chi connectivity index (χ4n) is 2.86. The van der Waals surface area contributed by atoms with Crippen LogP contribution >= 0.6 is 0 Å². The highest BCUT2D eigenvalue weighted by atomic mass is 19.1. The van der Waals surface area contributed by atoms with Crippen molar-refractivity contribution in [2.24, 2.45) is 5.41 Å². The van der Waals surface area contributed by atoms with Crippen molar-refractivity contribution in [3.05, 3.63) is 35.6 Å². The van der Waals surface area contributed by atoms with E-state index in [2.05, 4.69) is 5.32 Å². The summed E-state index contributed by atoms with van der Waals surface area (Å²) in [5, 5.41) is 12.1. The van der Waals surface area contributed by atoms with Crippen LogP contribution in [0.2, 0.25) is 0 Å². The van der Waals surface area contributed by atoms with Crippen LogP contribution in [0.4, 0.5) is 4.39 Å². The molecule has 21 heavy (non-hydrogen) atoms. The molecule has 0 heterocycles. The Morgan fingerprint density at radius 2 is 1.95 bits per heavy atom. The number of amides is 1. The van der Waals surface area contributed by atoms with Gasteiger partial charge in [0.15, 0.2) is 0 Å². The van der Waals surface area contributed by atoms with Gasteiger partial charge in [0.05, 0.1) is 11.8 Å². The van der Waals surface area contributed by atoms with Crippen LogP contribution in [0.1, 0.15) is 37.7 Å². The van der Waals surface area contributed by atoms with Crippen LogP contribution in [0.15, 0.2) is 24.3 Å². The lowest BCUT2D eigenvalue weighted by Crippen LogP contribution is -2.44. The summed E-state index contributed by atoms with van der Waals surface area (Å²) in [5.41, 5.74) is -0.254. The van der Waals surface area contributed by atoms with E-state index in [1.165, 1.54) is 12.1 Å². The lowest BCUT2D eigenvalue weighted by Gasteiger charge is -2.33. The molecular formula is C16H20FNO3. The van der Waals surface area contributed by atoms with Crippen LogP contribution in [0.3, 0.4) is 0 Å². The molecule has 1 amide bonds. The summed E-state index contributed by atoms with van der Waals surface area (Å²) in [7, 11) is 0. The van der Waals surface area contributed by atoms with Gasteiger partial charge >= 0.3 is 5.97 Å². The molecule has 0 unspecified atom stereocenters. The molecule has 0 saturated heterocycles. The number of carbonyl (C=O) groups is 2. The summed E-state index contributed by atoms with van der Waals surface area (Å²) in [6, 6.07) is 5.87. The van der Waals surface area contributed by atoms with Crippen molar-refractivity contribution in [3.63, 3.8) is 0 Å². The molecule has 0 radical (unpaired) electrons. The standard InChI is InChI=1S/C16H20FNO3/c17-13-6-4-5-12(9-13)10-14(19)18-11-16(15(20)21)7-2-1-3-8-16/h4-6,9H,1-3,7-8,10-11H2,(H,18,19)(H,20,21). The zero-order chi connectivity index (χ0) is 15.3. The molecule has 1 aliphatic rings. The van der Waals surface area contributed by atoms with Gasteiger partial charge in [-0.2, -0.15) is 0 Å². The fourth-order valence-corrected chi connectivity index (χ4v) is 2.86. The number of nitrogens with one attached hydrogen (secondary N) is 1. The minimum absolute atomic E-state index is 0.0630. The summed E-state index contributed by atoms with van der Waals surface area (Å²) >= 11 is 0. The zero-order valence-electron chi connectivity index (χ0n) is 11.9. The Morgan fingerprint density at radius 1 is 1.24 bits per heavy atom. The smallest absolute Gasteiger partial charge is 0.311 e. The Bertz CT molecular complexity index is 524. The molecule has 2 N–H and O–H groups in total. The molecule has 0 atom stereocenters. The molecule has 1 aromatic rings. The lowest BCUT2D eigenvalue weighted by atomic mass is 9.74. The minimum Gasteiger partial charge on any atom is -0.481 e. The highest BCUT2D eigenvalue weighted by Crippen LogP contribution is 2.36. The molecule has 5 heteroatoms. The first kappa shape index (κ1) is 15.5. The molecule has 0 aromatic heterocycles. The highest BCUT2D eigenvalue weighted by molar-refractivity contribution is 5.80. The second kappa shape index (κ2) is 6.70. The SMILES string of the molecule is O=C(Cc1cccc(F)c1)NCC1(C(=O)O)CCCCC1. The number of hydrogen-bond acceptors (Lipinski definition) is 2. The van der Waals surface area contributed by atoms with Gasteiger partial charge < -0.3 is 10.4 Å². The van der Waals surface area contributed by atoms with Gasteiger partial charge in [-0.15, -0.1) is 0 Å². The van der Waals surface area contributed by atoms with Crippen LogP contribution in [0, 0.1) is 11.2 Å². The number of aliphatic carboxylic acids is 1. The molecule has 0 aliphatic heterocycles. The van der Waals surface area contributed by atoms with Gasteiger partial charge in [0.1, 0.15) is 5.82 Å². The second-order valence-corrected chi connectivity index (χ2v) is 5.73. The van der Waals surface area contributed by atoms with E-state index in [0.29, 0.717) is 18.4 Å². The molecule has 4 nitrogen and oxygen atoms in total. The normalized spacial score (nSPS) is 17.2. The average Bonchev–Trinajstić information content (AvgIpc) is 2.46. The molecule has 1 fully saturated rings. The fraction of sp³-hybridized carbons (Fsp3) is 0.500. The van der Waals surface area contributed by atoms with Gasteiger partial charge in [-0.1, -0.05) is 31.4 Å². The molecule has 0 spiro atoms. The van der Waals surface area contributed by atoms with Gasteiger partial charge in [-0.25, -0.2) is 4.39 Å². The topological polar surface area (TPSA) is 66.4 Å². The summed E-state index contributed by atoms with van der Waals surface area (Å²) in [4.78, 5) is 23.4. The molecule has 0 bridgehead atoms. The van der Waals surface area contributed by atoms with Crippen molar-refractivity contribution >= 4 is 11.9 Å². The Hall–Kier alpha value is -1.91.